The summed E-state index contributed by atoms with van der Waals surface area (Å²) in [6.07, 6.45) is 0. The van der Waals surface area contributed by atoms with E-state index in [1.807, 2.05) is 55.5 Å². The first-order valence-corrected chi connectivity index (χ1v) is 8.17. The van der Waals surface area contributed by atoms with Crippen LogP contribution in [0.5, 0.6) is 0 Å². The number of benzene rings is 2. The minimum atomic E-state index is 0.453. The topological polar surface area (TPSA) is 36.4 Å². The van der Waals surface area contributed by atoms with Crippen molar-refractivity contribution in [3.8, 4) is 0 Å². The number of anilines is 1. The molecule has 0 atom stereocenters. The molecule has 21 heavy (non-hydrogen) atoms. The second-order valence-electron chi connectivity index (χ2n) is 4.28. The van der Waals surface area contributed by atoms with Crippen LogP contribution in [0, 0.1) is 0 Å². The SMILES string of the molecule is C/C(=N\NC(=S)Nc1ccc(Br)cc1)c1ccc(Br)cc1. The smallest absolute Gasteiger partial charge is 0.191 e. The van der Waals surface area contributed by atoms with Crippen LogP contribution >= 0.6 is 44.1 Å². The van der Waals surface area contributed by atoms with Crippen LogP contribution in [0.15, 0.2) is 62.6 Å². The Bertz CT molecular complexity index is 652. The molecule has 0 radical (unpaired) electrons. The number of hydrogen-bond donors (Lipinski definition) is 2. The Morgan fingerprint density at radius 3 is 2.05 bits per heavy atom. The lowest BCUT2D eigenvalue weighted by molar-refractivity contribution is 1.04. The standard InChI is InChI=1S/C15H13Br2N3S/c1-10(11-2-4-12(16)5-3-11)19-20-15(21)18-14-8-6-13(17)7-9-14/h2-9H,1H3,(H2,18,20,21)/b19-10+. The van der Waals surface area contributed by atoms with Gasteiger partial charge in [-0.05, 0) is 61.1 Å². The largest absolute Gasteiger partial charge is 0.331 e. The van der Waals surface area contributed by atoms with Crippen molar-refractivity contribution in [1.82, 2.24) is 5.43 Å². The molecule has 0 aliphatic rings. The molecule has 0 spiro atoms. The second kappa shape index (κ2) is 7.68. The summed E-state index contributed by atoms with van der Waals surface area (Å²) in [6.45, 7) is 1.93. The maximum atomic E-state index is 5.21. The molecule has 108 valence electrons. The molecule has 0 unspecified atom stereocenters. The fraction of sp³-hybridized carbons (Fsp3) is 0.0667. The van der Waals surface area contributed by atoms with Gasteiger partial charge in [0, 0.05) is 14.6 Å². The molecule has 2 aromatic rings. The van der Waals surface area contributed by atoms with E-state index < -0.39 is 0 Å². The third-order valence-electron chi connectivity index (χ3n) is 2.69. The summed E-state index contributed by atoms with van der Waals surface area (Å²) in [5.41, 5.74) is 5.66. The minimum absolute atomic E-state index is 0.453. The summed E-state index contributed by atoms with van der Waals surface area (Å²) in [6, 6.07) is 15.7. The monoisotopic (exact) mass is 425 g/mol. The number of halogens is 2. The van der Waals surface area contributed by atoms with Gasteiger partial charge >= 0.3 is 0 Å². The molecule has 6 heteroatoms. The summed E-state index contributed by atoms with van der Waals surface area (Å²) >= 11 is 12.0. The summed E-state index contributed by atoms with van der Waals surface area (Å²) in [5.74, 6) is 0. The third-order valence-corrected chi connectivity index (χ3v) is 3.94. The Hall–Kier alpha value is -1.24. The van der Waals surface area contributed by atoms with Gasteiger partial charge in [-0.3, -0.25) is 5.43 Å². The van der Waals surface area contributed by atoms with Gasteiger partial charge in [0.05, 0.1) is 5.71 Å². The van der Waals surface area contributed by atoms with Crippen molar-refractivity contribution >= 4 is 60.6 Å². The Labute approximate surface area is 146 Å². The van der Waals surface area contributed by atoms with Crippen molar-refractivity contribution in [2.45, 2.75) is 6.92 Å². The van der Waals surface area contributed by atoms with Gasteiger partial charge < -0.3 is 5.32 Å². The molecule has 0 saturated carbocycles. The van der Waals surface area contributed by atoms with E-state index in [0.29, 0.717) is 5.11 Å². The number of hydrazone groups is 1. The Morgan fingerprint density at radius 1 is 0.952 bits per heavy atom. The lowest BCUT2D eigenvalue weighted by Crippen LogP contribution is -2.24. The quantitative estimate of drug-likeness (QED) is 0.415. The fourth-order valence-corrected chi connectivity index (χ4v) is 2.27. The molecule has 0 bridgehead atoms. The van der Waals surface area contributed by atoms with E-state index in [2.05, 4.69) is 47.7 Å². The predicted molar refractivity (Wildman–Crippen MR) is 99.9 cm³/mol. The van der Waals surface area contributed by atoms with Gasteiger partial charge in [-0.2, -0.15) is 5.10 Å². The average molecular weight is 427 g/mol. The van der Waals surface area contributed by atoms with Crippen molar-refractivity contribution in [3.63, 3.8) is 0 Å². The lowest BCUT2D eigenvalue weighted by Gasteiger charge is -2.08. The van der Waals surface area contributed by atoms with Crippen molar-refractivity contribution < 1.29 is 0 Å². The number of nitrogens with one attached hydrogen (secondary N) is 2. The molecular weight excluding hydrogens is 414 g/mol. The maximum Gasteiger partial charge on any atom is 0.191 e. The van der Waals surface area contributed by atoms with E-state index in [4.69, 9.17) is 12.2 Å². The van der Waals surface area contributed by atoms with Crippen LogP contribution in [0.25, 0.3) is 0 Å². The fourth-order valence-electron chi connectivity index (χ4n) is 1.58. The van der Waals surface area contributed by atoms with Crippen LogP contribution in [-0.4, -0.2) is 10.8 Å². The molecule has 0 aromatic heterocycles. The van der Waals surface area contributed by atoms with Crippen molar-refractivity contribution in [1.29, 1.82) is 0 Å². The maximum absolute atomic E-state index is 5.21. The highest BCUT2D eigenvalue weighted by Crippen LogP contribution is 2.14. The Kier molecular flexibility index (Phi) is 5.90. The van der Waals surface area contributed by atoms with Gasteiger partial charge in [0.25, 0.3) is 0 Å². The molecule has 0 amide bonds. The first-order valence-electron chi connectivity index (χ1n) is 6.17. The van der Waals surface area contributed by atoms with Gasteiger partial charge in [-0.25, -0.2) is 0 Å². The van der Waals surface area contributed by atoms with E-state index >= 15 is 0 Å². The predicted octanol–water partition coefficient (Wildman–Crippen LogP) is 4.92. The summed E-state index contributed by atoms with van der Waals surface area (Å²) in [5, 5.41) is 7.80. The van der Waals surface area contributed by atoms with Crippen LogP contribution in [0.1, 0.15) is 12.5 Å². The summed E-state index contributed by atoms with van der Waals surface area (Å²) in [4.78, 5) is 0. The van der Waals surface area contributed by atoms with E-state index in [1.165, 1.54) is 0 Å². The van der Waals surface area contributed by atoms with E-state index in [1.54, 1.807) is 0 Å². The van der Waals surface area contributed by atoms with Crippen molar-refractivity contribution in [2.24, 2.45) is 5.10 Å². The van der Waals surface area contributed by atoms with Crippen LogP contribution in [0.3, 0.4) is 0 Å². The van der Waals surface area contributed by atoms with Gasteiger partial charge in [0.15, 0.2) is 5.11 Å². The molecule has 0 aliphatic carbocycles. The van der Waals surface area contributed by atoms with E-state index in [-0.39, 0.29) is 0 Å². The molecule has 0 aliphatic heterocycles. The zero-order chi connectivity index (χ0) is 15.2. The van der Waals surface area contributed by atoms with Crippen molar-refractivity contribution in [3.05, 3.63) is 63.0 Å². The molecule has 2 rings (SSSR count). The first-order chi connectivity index (χ1) is 10.0. The molecule has 3 nitrogen and oxygen atoms in total. The number of thiocarbonyl (C=S) groups is 1. The second-order valence-corrected chi connectivity index (χ2v) is 6.52. The lowest BCUT2D eigenvalue weighted by atomic mass is 10.1. The highest BCUT2D eigenvalue weighted by Gasteiger charge is 1.99. The zero-order valence-corrected chi connectivity index (χ0v) is 15.2. The van der Waals surface area contributed by atoms with E-state index in [0.717, 1.165) is 25.9 Å². The van der Waals surface area contributed by atoms with Gasteiger partial charge in [-0.1, -0.05) is 44.0 Å². The third kappa shape index (κ3) is 5.22. The normalized spacial score (nSPS) is 11.1. The minimum Gasteiger partial charge on any atom is -0.331 e. The molecule has 2 aromatic carbocycles. The first kappa shape index (κ1) is 16.1. The van der Waals surface area contributed by atoms with Crippen LogP contribution in [0.4, 0.5) is 5.69 Å². The summed E-state index contributed by atoms with van der Waals surface area (Å²) < 4.78 is 2.07. The number of hydrogen-bond acceptors (Lipinski definition) is 2. The van der Waals surface area contributed by atoms with Crippen LogP contribution in [0.2, 0.25) is 0 Å². The molecule has 2 N–H and O–H groups in total. The van der Waals surface area contributed by atoms with Gasteiger partial charge in [-0.15, -0.1) is 0 Å². The highest BCUT2D eigenvalue weighted by atomic mass is 79.9. The number of nitrogens with zero attached hydrogens (tertiary/aromatic N) is 1. The van der Waals surface area contributed by atoms with E-state index in [9.17, 15) is 0 Å². The van der Waals surface area contributed by atoms with Crippen LogP contribution < -0.4 is 10.7 Å². The Balaban J connectivity index is 1.94. The number of rotatable bonds is 3. The average Bonchev–Trinajstić information content (AvgIpc) is 2.48. The van der Waals surface area contributed by atoms with Crippen molar-refractivity contribution in [2.75, 3.05) is 5.32 Å². The van der Waals surface area contributed by atoms with Crippen LogP contribution in [-0.2, 0) is 0 Å². The van der Waals surface area contributed by atoms with Gasteiger partial charge in [0.2, 0.25) is 0 Å². The van der Waals surface area contributed by atoms with Gasteiger partial charge in [0.1, 0.15) is 0 Å². The zero-order valence-electron chi connectivity index (χ0n) is 11.2. The highest BCUT2D eigenvalue weighted by molar-refractivity contribution is 9.10. The molecule has 0 saturated heterocycles. The summed E-state index contributed by atoms with van der Waals surface area (Å²) in [7, 11) is 0. The molecule has 0 heterocycles. The molecule has 0 fully saturated rings. The Morgan fingerprint density at radius 2 is 1.48 bits per heavy atom. The molecular formula is C15H13Br2N3S.